The van der Waals surface area contributed by atoms with Crippen molar-refractivity contribution in [1.82, 2.24) is 9.97 Å². The largest absolute Gasteiger partial charge is 0.373 e. The molecule has 0 radical (unpaired) electrons. The molecule has 0 fully saturated rings. The number of aryl methyl sites for hydroxylation is 2. The second-order valence-corrected chi connectivity index (χ2v) is 6.10. The molecule has 3 heteroatoms. The quantitative estimate of drug-likeness (QED) is 0.914. The Balaban J connectivity index is 1.81. The second kappa shape index (κ2) is 5.14. The van der Waals surface area contributed by atoms with E-state index in [0.717, 1.165) is 24.5 Å². The molecule has 2 aliphatic carbocycles. The van der Waals surface area contributed by atoms with Crippen LogP contribution in [-0.4, -0.2) is 17.0 Å². The maximum Gasteiger partial charge on any atom is 0.138 e. The van der Waals surface area contributed by atoms with Crippen LogP contribution in [-0.2, 0) is 19.3 Å². The standard InChI is InChI=1S/C18H21N3/c1-19-17-15-10-5-11-16(15)20-18(21-17)14-9-4-7-12-6-2-3-8-13(12)14/h2-3,6,8,14H,4-5,7,9-11H2,1H3,(H,19,20,21). The Bertz CT molecular complexity index is 678. The molecule has 0 aliphatic heterocycles. The number of rotatable bonds is 2. The van der Waals surface area contributed by atoms with Crippen LogP contribution in [0.5, 0.6) is 0 Å². The van der Waals surface area contributed by atoms with Crippen LogP contribution in [0.2, 0.25) is 0 Å². The smallest absolute Gasteiger partial charge is 0.138 e. The van der Waals surface area contributed by atoms with Gasteiger partial charge in [-0.2, -0.15) is 0 Å². The van der Waals surface area contributed by atoms with Crippen LogP contribution in [0.25, 0.3) is 0 Å². The van der Waals surface area contributed by atoms with Gasteiger partial charge in [-0.05, 0) is 49.7 Å². The lowest BCUT2D eigenvalue weighted by molar-refractivity contribution is 0.588. The molecule has 1 aromatic heterocycles. The lowest BCUT2D eigenvalue weighted by atomic mass is 9.82. The van der Waals surface area contributed by atoms with Crippen molar-refractivity contribution in [3.8, 4) is 0 Å². The molecule has 108 valence electrons. The van der Waals surface area contributed by atoms with Crippen LogP contribution in [0.3, 0.4) is 0 Å². The third-order valence-electron chi connectivity index (χ3n) is 4.87. The van der Waals surface area contributed by atoms with E-state index in [1.165, 1.54) is 48.1 Å². The fraction of sp³-hybridized carbons (Fsp3) is 0.444. The van der Waals surface area contributed by atoms with Crippen molar-refractivity contribution >= 4 is 5.82 Å². The molecular formula is C18H21N3. The minimum Gasteiger partial charge on any atom is -0.373 e. The highest BCUT2D eigenvalue weighted by Crippen LogP contribution is 2.37. The molecular weight excluding hydrogens is 258 g/mol. The summed E-state index contributed by atoms with van der Waals surface area (Å²) in [6.45, 7) is 0. The van der Waals surface area contributed by atoms with E-state index in [4.69, 9.17) is 9.97 Å². The highest BCUT2D eigenvalue weighted by atomic mass is 15.0. The SMILES string of the molecule is CNc1nc(C2CCCc3ccccc32)nc2c1CCC2. The van der Waals surface area contributed by atoms with Gasteiger partial charge in [-0.1, -0.05) is 24.3 Å². The zero-order valence-corrected chi connectivity index (χ0v) is 12.5. The molecule has 1 atom stereocenters. The van der Waals surface area contributed by atoms with E-state index < -0.39 is 0 Å². The van der Waals surface area contributed by atoms with E-state index >= 15 is 0 Å². The summed E-state index contributed by atoms with van der Waals surface area (Å²) in [6.07, 6.45) is 7.02. The van der Waals surface area contributed by atoms with Crippen molar-refractivity contribution in [3.05, 3.63) is 52.5 Å². The number of nitrogens with zero attached hydrogens (tertiary/aromatic N) is 2. The van der Waals surface area contributed by atoms with E-state index in [0.29, 0.717) is 5.92 Å². The topological polar surface area (TPSA) is 37.8 Å². The maximum absolute atomic E-state index is 4.93. The molecule has 1 unspecified atom stereocenters. The molecule has 4 rings (SSSR count). The molecule has 2 aromatic rings. The average Bonchev–Trinajstić information content (AvgIpc) is 3.02. The number of nitrogens with one attached hydrogen (secondary N) is 1. The van der Waals surface area contributed by atoms with Crippen molar-refractivity contribution in [1.29, 1.82) is 0 Å². The summed E-state index contributed by atoms with van der Waals surface area (Å²) < 4.78 is 0. The molecule has 1 heterocycles. The lowest BCUT2D eigenvalue weighted by Crippen LogP contribution is -2.16. The van der Waals surface area contributed by atoms with Crippen LogP contribution < -0.4 is 5.32 Å². The van der Waals surface area contributed by atoms with E-state index in [9.17, 15) is 0 Å². The molecule has 2 aliphatic rings. The Morgan fingerprint density at radius 3 is 2.86 bits per heavy atom. The van der Waals surface area contributed by atoms with Gasteiger partial charge in [0.25, 0.3) is 0 Å². The fourth-order valence-electron chi connectivity index (χ4n) is 3.84. The van der Waals surface area contributed by atoms with Crippen molar-refractivity contribution in [2.45, 2.75) is 44.4 Å². The first kappa shape index (κ1) is 12.8. The summed E-state index contributed by atoms with van der Waals surface area (Å²) in [5.74, 6) is 2.44. The van der Waals surface area contributed by atoms with Gasteiger partial charge in [-0.25, -0.2) is 9.97 Å². The van der Waals surface area contributed by atoms with E-state index in [-0.39, 0.29) is 0 Å². The maximum atomic E-state index is 4.93. The third-order valence-corrected chi connectivity index (χ3v) is 4.87. The fourth-order valence-corrected chi connectivity index (χ4v) is 3.84. The summed E-state index contributed by atoms with van der Waals surface area (Å²) in [5, 5.41) is 3.28. The zero-order valence-electron chi connectivity index (χ0n) is 12.5. The summed E-state index contributed by atoms with van der Waals surface area (Å²) in [5.41, 5.74) is 5.52. The van der Waals surface area contributed by atoms with Crippen LogP contribution in [0.4, 0.5) is 5.82 Å². The van der Waals surface area contributed by atoms with Gasteiger partial charge in [0.05, 0.1) is 0 Å². The van der Waals surface area contributed by atoms with Gasteiger partial charge in [-0.3, -0.25) is 0 Å². The zero-order chi connectivity index (χ0) is 14.2. The number of anilines is 1. The number of benzene rings is 1. The molecule has 0 bridgehead atoms. The summed E-state index contributed by atoms with van der Waals surface area (Å²) in [7, 11) is 1.97. The van der Waals surface area contributed by atoms with Crippen molar-refractivity contribution < 1.29 is 0 Å². The molecule has 0 saturated carbocycles. The predicted octanol–water partition coefficient (Wildman–Crippen LogP) is 3.48. The third kappa shape index (κ3) is 2.11. The number of aromatic nitrogens is 2. The average molecular weight is 279 g/mol. The molecule has 1 N–H and O–H groups in total. The Morgan fingerprint density at radius 1 is 1.05 bits per heavy atom. The van der Waals surface area contributed by atoms with Gasteiger partial charge in [-0.15, -0.1) is 0 Å². The number of fused-ring (bicyclic) bond motifs is 2. The monoisotopic (exact) mass is 279 g/mol. The molecule has 21 heavy (non-hydrogen) atoms. The summed E-state index contributed by atoms with van der Waals surface area (Å²) in [4.78, 5) is 9.80. The predicted molar refractivity (Wildman–Crippen MR) is 84.8 cm³/mol. The lowest BCUT2D eigenvalue weighted by Gasteiger charge is -2.25. The molecule has 0 spiro atoms. The van der Waals surface area contributed by atoms with Crippen LogP contribution in [0.1, 0.15) is 53.4 Å². The Kier molecular flexibility index (Phi) is 3.13. The summed E-state index contributed by atoms with van der Waals surface area (Å²) >= 11 is 0. The molecule has 0 saturated heterocycles. The first-order valence-electron chi connectivity index (χ1n) is 8.02. The first-order chi connectivity index (χ1) is 10.4. The van der Waals surface area contributed by atoms with Gasteiger partial charge in [0.15, 0.2) is 0 Å². The van der Waals surface area contributed by atoms with E-state index in [1.807, 2.05) is 7.05 Å². The normalized spacial score (nSPS) is 20.0. The Labute approximate surface area is 125 Å². The van der Waals surface area contributed by atoms with Gasteiger partial charge in [0.1, 0.15) is 11.6 Å². The Morgan fingerprint density at radius 2 is 1.95 bits per heavy atom. The minimum absolute atomic E-state index is 0.368. The van der Waals surface area contributed by atoms with E-state index in [2.05, 4.69) is 29.6 Å². The van der Waals surface area contributed by atoms with Crippen molar-refractivity contribution in [2.24, 2.45) is 0 Å². The number of hydrogen-bond donors (Lipinski definition) is 1. The Hall–Kier alpha value is -1.90. The second-order valence-electron chi connectivity index (χ2n) is 6.10. The molecule has 3 nitrogen and oxygen atoms in total. The van der Waals surface area contributed by atoms with Crippen molar-refractivity contribution in [3.63, 3.8) is 0 Å². The first-order valence-corrected chi connectivity index (χ1v) is 8.02. The molecule has 0 amide bonds. The van der Waals surface area contributed by atoms with Crippen molar-refractivity contribution in [2.75, 3.05) is 12.4 Å². The van der Waals surface area contributed by atoms with Gasteiger partial charge in [0.2, 0.25) is 0 Å². The highest BCUT2D eigenvalue weighted by Gasteiger charge is 2.27. The number of hydrogen-bond acceptors (Lipinski definition) is 3. The minimum atomic E-state index is 0.368. The molecule has 1 aromatic carbocycles. The van der Waals surface area contributed by atoms with Crippen LogP contribution in [0, 0.1) is 0 Å². The van der Waals surface area contributed by atoms with Gasteiger partial charge < -0.3 is 5.32 Å². The van der Waals surface area contributed by atoms with Gasteiger partial charge >= 0.3 is 0 Å². The van der Waals surface area contributed by atoms with Crippen LogP contribution >= 0.6 is 0 Å². The van der Waals surface area contributed by atoms with Crippen LogP contribution in [0.15, 0.2) is 24.3 Å². The van der Waals surface area contributed by atoms with E-state index in [1.54, 1.807) is 0 Å². The summed E-state index contributed by atoms with van der Waals surface area (Å²) in [6, 6.07) is 8.80. The highest BCUT2D eigenvalue weighted by molar-refractivity contribution is 5.49. The van der Waals surface area contributed by atoms with Gasteiger partial charge in [0, 0.05) is 24.2 Å².